The zero-order valence-corrected chi connectivity index (χ0v) is 14.0. The Hall–Kier alpha value is -0.750. The van der Waals surface area contributed by atoms with Gasteiger partial charge in [-0.05, 0) is 38.1 Å². The molecular weight excluding hydrogens is 292 g/mol. The van der Waals surface area contributed by atoms with Gasteiger partial charge in [0.1, 0.15) is 6.04 Å². The van der Waals surface area contributed by atoms with Crippen LogP contribution in [0.15, 0.2) is 0 Å². The Morgan fingerprint density at radius 2 is 2.09 bits per heavy atom. The molecule has 1 N–H and O–H groups in total. The first-order valence-corrected chi connectivity index (χ1v) is 8.12. The summed E-state index contributed by atoms with van der Waals surface area (Å²) in [5.41, 5.74) is 0. The highest BCUT2D eigenvalue weighted by molar-refractivity contribution is 5.74. The number of carboxylic acid groups (broad SMARTS) is 1. The number of alkyl halides is 2. The molecule has 22 heavy (non-hydrogen) atoms. The topological polar surface area (TPSA) is 49.8 Å². The molecule has 130 valence electrons. The Balaban J connectivity index is 2.97. The fourth-order valence-corrected chi connectivity index (χ4v) is 3.55. The molecule has 0 radical (unpaired) electrons. The van der Waals surface area contributed by atoms with Crippen LogP contribution in [0.1, 0.15) is 46.5 Å². The molecule has 4 nitrogen and oxygen atoms in total. The van der Waals surface area contributed by atoms with Crippen LogP contribution in [0.5, 0.6) is 0 Å². The third kappa shape index (κ3) is 4.16. The molecule has 1 aliphatic rings. The van der Waals surface area contributed by atoms with E-state index in [0.29, 0.717) is 38.8 Å². The van der Waals surface area contributed by atoms with Crippen molar-refractivity contribution in [1.82, 2.24) is 4.90 Å². The Labute approximate surface area is 131 Å². The van der Waals surface area contributed by atoms with Gasteiger partial charge in [0.15, 0.2) is 0 Å². The lowest BCUT2D eigenvalue weighted by molar-refractivity contribution is -0.157. The van der Waals surface area contributed by atoms with Crippen LogP contribution in [-0.4, -0.2) is 54.2 Å². The molecule has 0 aromatic rings. The molecule has 0 aromatic heterocycles. The number of aliphatic carboxylic acids is 1. The van der Waals surface area contributed by atoms with E-state index in [-0.39, 0.29) is 5.92 Å². The summed E-state index contributed by atoms with van der Waals surface area (Å²) < 4.78 is 34.9. The van der Waals surface area contributed by atoms with Crippen LogP contribution in [-0.2, 0) is 9.53 Å². The molecule has 3 atom stereocenters. The predicted octanol–water partition coefficient (Wildman–Crippen LogP) is 3.26. The Morgan fingerprint density at radius 1 is 1.45 bits per heavy atom. The average molecular weight is 321 g/mol. The van der Waals surface area contributed by atoms with Crippen molar-refractivity contribution >= 4 is 5.97 Å². The monoisotopic (exact) mass is 321 g/mol. The van der Waals surface area contributed by atoms with Crippen molar-refractivity contribution in [2.75, 3.05) is 20.3 Å². The lowest BCUT2D eigenvalue weighted by Crippen LogP contribution is -2.55. The summed E-state index contributed by atoms with van der Waals surface area (Å²) in [5, 5.41) is 9.42. The molecule has 0 bridgehead atoms. The highest BCUT2D eigenvalue weighted by Gasteiger charge is 2.52. The SMILES string of the molecule is CCC(CCOC)C(F)(F)C1CCCN1C(C(=O)O)C(C)C. The van der Waals surface area contributed by atoms with Crippen molar-refractivity contribution in [3.63, 3.8) is 0 Å². The van der Waals surface area contributed by atoms with E-state index >= 15 is 0 Å². The average Bonchev–Trinajstić information content (AvgIpc) is 2.88. The standard InChI is InChI=1S/C16H29F2NO3/c1-5-12(8-10-22-4)16(17,18)13-7-6-9-19(13)14(11(2)3)15(20)21/h11-14H,5-10H2,1-4H3,(H,20,21). The fraction of sp³-hybridized carbons (Fsp3) is 0.938. The normalized spacial score (nSPS) is 23.0. The second kappa shape index (κ2) is 8.20. The molecule has 0 spiro atoms. The first kappa shape index (κ1) is 19.3. The number of nitrogens with zero attached hydrogens (tertiary/aromatic N) is 1. The maximum Gasteiger partial charge on any atom is 0.321 e. The summed E-state index contributed by atoms with van der Waals surface area (Å²) in [6.07, 6.45) is 1.63. The maximum absolute atomic E-state index is 15.0. The van der Waals surface area contributed by atoms with E-state index in [2.05, 4.69) is 0 Å². The van der Waals surface area contributed by atoms with E-state index in [1.165, 1.54) is 12.0 Å². The van der Waals surface area contributed by atoms with Gasteiger partial charge < -0.3 is 9.84 Å². The number of methoxy groups -OCH3 is 1. The predicted molar refractivity (Wildman–Crippen MR) is 81.2 cm³/mol. The lowest BCUT2D eigenvalue weighted by Gasteiger charge is -2.39. The minimum absolute atomic E-state index is 0.201. The smallest absolute Gasteiger partial charge is 0.321 e. The van der Waals surface area contributed by atoms with E-state index in [1.807, 2.05) is 0 Å². The summed E-state index contributed by atoms with van der Waals surface area (Å²) in [6, 6.07) is -1.84. The van der Waals surface area contributed by atoms with Crippen molar-refractivity contribution in [2.24, 2.45) is 11.8 Å². The first-order chi connectivity index (χ1) is 10.3. The number of carbonyl (C=O) groups is 1. The van der Waals surface area contributed by atoms with E-state index in [9.17, 15) is 18.7 Å². The van der Waals surface area contributed by atoms with Gasteiger partial charge in [0.05, 0.1) is 6.04 Å². The van der Waals surface area contributed by atoms with Crippen LogP contribution >= 0.6 is 0 Å². The number of halogens is 2. The van der Waals surface area contributed by atoms with Crippen LogP contribution in [0.3, 0.4) is 0 Å². The third-order valence-electron chi connectivity index (χ3n) is 4.69. The third-order valence-corrected chi connectivity index (χ3v) is 4.69. The maximum atomic E-state index is 15.0. The van der Waals surface area contributed by atoms with Gasteiger partial charge in [0.25, 0.3) is 5.92 Å². The van der Waals surface area contributed by atoms with Crippen molar-refractivity contribution in [3.8, 4) is 0 Å². The number of likely N-dealkylation sites (tertiary alicyclic amines) is 1. The summed E-state index contributed by atoms with van der Waals surface area (Å²) in [6.45, 7) is 6.02. The summed E-state index contributed by atoms with van der Waals surface area (Å²) in [5.74, 6) is -4.89. The zero-order valence-electron chi connectivity index (χ0n) is 14.0. The second-order valence-electron chi connectivity index (χ2n) is 6.48. The highest BCUT2D eigenvalue weighted by Crippen LogP contribution is 2.41. The van der Waals surface area contributed by atoms with Crippen LogP contribution in [0, 0.1) is 11.8 Å². The number of hydrogen-bond donors (Lipinski definition) is 1. The van der Waals surface area contributed by atoms with Crippen LogP contribution in [0.4, 0.5) is 8.78 Å². The molecule has 0 amide bonds. The van der Waals surface area contributed by atoms with Gasteiger partial charge in [-0.1, -0.05) is 20.8 Å². The van der Waals surface area contributed by atoms with Crippen LogP contribution < -0.4 is 0 Å². The molecule has 1 fully saturated rings. The van der Waals surface area contributed by atoms with Gasteiger partial charge in [-0.15, -0.1) is 0 Å². The highest BCUT2D eigenvalue weighted by atomic mass is 19.3. The largest absolute Gasteiger partial charge is 0.480 e. The number of hydrogen-bond acceptors (Lipinski definition) is 3. The molecule has 6 heteroatoms. The van der Waals surface area contributed by atoms with Gasteiger partial charge in [0.2, 0.25) is 0 Å². The minimum atomic E-state index is -2.90. The molecular formula is C16H29F2NO3. The first-order valence-electron chi connectivity index (χ1n) is 8.12. The van der Waals surface area contributed by atoms with Crippen LogP contribution in [0.2, 0.25) is 0 Å². The number of rotatable bonds is 9. The summed E-state index contributed by atoms with van der Waals surface area (Å²) in [4.78, 5) is 13.0. The molecule has 0 aliphatic carbocycles. The van der Waals surface area contributed by atoms with E-state index < -0.39 is 29.9 Å². The second-order valence-corrected chi connectivity index (χ2v) is 6.48. The Morgan fingerprint density at radius 3 is 2.55 bits per heavy atom. The van der Waals surface area contributed by atoms with Gasteiger partial charge >= 0.3 is 5.97 Å². The van der Waals surface area contributed by atoms with E-state index in [4.69, 9.17) is 4.74 Å². The molecule has 1 rings (SSSR count). The quantitative estimate of drug-likeness (QED) is 0.708. The van der Waals surface area contributed by atoms with Crippen molar-refractivity contribution < 1.29 is 23.4 Å². The Bertz CT molecular complexity index is 363. The van der Waals surface area contributed by atoms with Gasteiger partial charge in [0, 0.05) is 19.6 Å². The molecule has 1 saturated heterocycles. The van der Waals surface area contributed by atoms with Crippen molar-refractivity contribution in [1.29, 1.82) is 0 Å². The fourth-order valence-electron chi connectivity index (χ4n) is 3.55. The molecule has 1 aliphatic heterocycles. The van der Waals surface area contributed by atoms with Gasteiger partial charge in [-0.2, -0.15) is 0 Å². The van der Waals surface area contributed by atoms with Crippen molar-refractivity contribution in [3.05, 3.63) is 0 Å². The molecule has 0 aromatic carbocycles. The van der Waals surface area contributed by atoms with Gasteiger partial charge in [-0.25, -0.2) is 8.78 Å². The Kier molecular flexibility index (Phi) is 7.19. The van der Waals surface area contributed by atoms with Crippen molar-refractivity contribution in [2.45, 2.75) is 64.5 Å². The van der Waals surface area contributed by atoms with E-state index in [1.54, 1.807) is 20.8 Å². The molecule has 0 saturated carbocycles. The molecule has 1 heterocycles. The minimum Gasteiger partial charge on any atom is -0.480 e. The summed E-state index contributed by atoms with van der Waals surface area (Å²) in [7, 11) is 1.51. The number of carboxylic acids is 1. The molecule has 3 unspecified atom stereocenters. The van der Waals surface area contributed by atoms with Crippen LogP contribution in [0.25, 0.3) is 0 Å². The van der Waals surface area contributed by atoms with E-state index in [0.717, 1.165) is 0 Å². The van der Waals surface area contributed by atoms with Gasteiger partial charge in [-0.3, -0.25) is 9.69 Å². The number of ether oxygens (including phenoxy) is 1. The summed E-state index contributed by atoms with van der Waals surface area (Å²) >= 11 is 0. The zero-order chi connectivity index (χ0) is 16.9. The lowest BCUT2D eigenvalue weighted by atomic mass is 9.87.